The van der Waals surface area contributed by atoms with Crippen molar-refractivity contribution in [1.29, 1.82) is 0 Å². The highest BCUT2D eigenvalue weighted by molar-refractivity contribution is 7.89. The van der Waals surface area contributed by atoms with Crippen LogP contribution in [-0.2, 0) is 10.0 Å². The van der Waals surface area contributed by atoms with Gasteiger partial charge in [-0.2, -0.15) is 4.31 Å². The summed E-state index contributed by atoms with van der Waals surface area (Å²) in [5, 5.41) is 3.83. The van der Waals surface area contributed by atoms with E-state index in [2.05, 4.69) is 5.16 Å². The zero-order chi connectivity index (χ0) is 18.2. The summed E-state index contributed by atoms with van der Waals surface area (Å²) in [5.41, 5.74) is 0.609. The minimum atomic E-state index is -3.84. The van der Waals surface area contributed by atoms with Crippen LogP contribution in [0.3, 0.4) is 0 Å². The molecule has 0 spiro atoms. The van der Waals surface area contributed by atoms with Crippen LogP contribution in [0.25, 0.3) is 0 Å². The van der Waals surface area contributed by atoms with E-state index in [-0.39, 0.29) is 52.8 Å². The van der Waals surface area contributed by atoms with Gasteiger partial charge < -0.3 is 9.42 Å². The Bertz CT molecular complexity index is 885. The molecule has 0 N–H and O–H groups in total. The van der Waals surface area contributed by atoms with Gasteiger partial charge in [-0.3, -0.25) is 4.79 Å². The van der Waals surface area contributed by atoms with Crippen LogP contribution in [0.5, 0.6) is 0 Å². The van der Waals surface area contributed by atoms with Gasteiger partial charge in [0.25, 0.3) is 5.91 Å². The molecule has 0 aliphatic carbocycles. The first-order chi connectivity index (χ1) is 11.8. The molecule has 0 saturated carbocycles. The number of amides is 1. The number of carbonyl (C=O) groups excluding carboxylic acids is 1. The van der Waals surface area contributed by atoms with Gasteiger partial charge in [0.2, 0.25) is 15.8 Å². The molecule has 1 saturated heterocycles. The van der Waals surface area contributed by atoms with Crippen molar-refractivity contribution in [2.75, 3.05) is 26.2 Å². The normalized spacial score (nSPS) is 16.2. The topological polar surface area (TPSA) is 83.7 Å². The third-order valence-corrected chi connectivity index (χ3v) is 6.74. The summed E-state index contributed by atoms with van der Waals surface area (Å²) in [6.45, 7) is 2.48. The number of aromatic nitrogens is 1. The number of aryl methyl sites for hydroxylation is 1. The van der Waals surface area contributed by atoms with Gasteiger partial charge in [0.05, 0.1) is 15.7 Å². The van der Waals surface area contributed by atoms with E-state index in [1.807, 2.05) is 0 Å². The van der Waals surface area contributed by atoms with Crippen LogP contribution in [0.4, 0.5) is 0 Å². The average Bonchev–Trinajstić information content (AvgIpc) is 3.00. The number of carbonyl (C=O) groups is 1. The summed E-state index contributed by atoms with van der Waals surface area (Å²) < 4.78 is 31.8. The van der Waals surface area contributed by atoms with Crippen LogP contribution < -0.4 is 0 Å². The fourth-order valence-electron chi connectivity index (χ4n) is 2.61. The maximum atomic E-state index is 12.8. The summed E-state index contributed by atoms with van der Waals surface area (Å²) in [6.07, 6.45) is 0. The van der Waals surface area contributed by atoms with Crippen LogP contribution in [0.1, 0.15) is 16.2 Å². The van der Waals surface area contributed by atoms with E-state index in [1.165, 1.54) is 21.3 Å². The van der Waals surface area contributed by atoms with Crippen molar-refractivity contribution in [2.45, 2.75) is 11.8 Å². The molecule has 2 heterocycles. The zero-order valence-corrected chi connectivity index (χ0v) is 15.6. The van der Waals surface area contributed by atoms with E-state index in [0.717, 1.165) is 0 Å². The molecule has 0 unspecified atom stereocenters. The number of piperazine rings is 1. The number of hydrogen-bond acceptors (Lipinski definition) is 5. The lowest BCUT2D eigenvalue weighted by Crippen LogP contribution is -2.50. The molecular weight excluding hydrogens is 389 g/mol. The predicted octanol–water partition coefficient (Wildman–Crippen LogP) is 2.44. The van der Waals surface area contributed by atoms with E-state index < -0.39 is 10.0 Å². The number of hydrogen-bond donors (Lipinski definition) is 0. The van der Waals surface area contributed by atoms with Crippen LogP contribution in [0, 0.1) is 6.92 Å². The van der Waals surface area contributed by atoms with Crippen molar-refractivity contribution in [3.05, 3.63) is 45.8 Å². The second-order valence-electron chi connectivity index (χ2n) is 5.58. The Morgan fingerprint density at radius 1 is 1.16 bits per heavy atom. The largest absolute Gasteiger partial charge is 0.351 e. The van der Waals surface area contributed by atoms with Gasteiger partial charge in [0, 0.05) is 32.2 Å². The molecule has 1 amide bonds. The smallest absolute Gasteiger partial charge is 0.292 e. The highest BCUT2D eigenvalue weighted by atomic mass is 35.5. The first kappa shape index (κ1) is 18.2. The van der Waals surface area contributed by atoms with Gasteiger partial charge in [0.1, 0.15) is 4.90 Å². The zero-order valence-electron chi connectivity index (χ0n) is 13.3. The Hall–Kier alpha value is -1.61. The predicted molar refractivity (Wildman–Crippen MR) is 92.4 cm³/mol. The molecule has 10 heteroatoms. The number of nitrogens with zero attached hydrogens (tertiary/aromatic N) is 3. The first-order valence-electron chi connectivity index (χ1n) is 7.47. The molecule has 0 atom stereocenters. The molecule has 0 bridgehead atoms. The van der Waals surface area contributed by atoms with Crippen LogP contribution in [0.2, 0.25) is 10.0 Å². The maximum absolute atomic E-state index is 12.8. The molecule has 134 valence electrons. The molecular formula is C15H15Cl2N3O4S. The van der Waals surface area contributed by atoms with E-state index in [9.17, 15) is 13.2 Å². The fourth-order valence-corrected chi connectivity index (χ4v) is 5.12. The summed E-state index contributed by atoms with van der Waals surface area (Å²) in [7, 11) is -3.84. The SMILES string of the molecule is Cc1cc(C(=O)N2CCN(S(=O)(=O)c3c(Cl)cccc3Cl)CC2)on1. The number of rotatable bonds is 3. The lowest BCUT2D eigenvalue weighted by atomic mass is 10.3. The standard InChI is InChI=1S/C15H15Cl2N3O4S/c1-10-9-13(24-18-10)15(21)19-5-7-20(8-6-19)25(22,23)14-11(16)3-2-4-12(14)17/h2-4,9H,5-8H2,1H3. The molecule has 2 aromatic rings. The molecule has 1 aromatic carbocycles. The van der Waals surface area contributed by atoms with E-state index >= 15 is 0 Å². The summed E-state index contributed by atoms with van der Waals surface area (Å²) >= 11 is 12.0. The molecule has 25 heavy (non-hydrogen) atoms. The van der Waals surface area contributed by atoms with Crippen LogP contribution in [-0.4, -0.2) is 54.9 Å². The minimum Gasteiger partial charge on any atom is -0.351 e. The fraction of sp³-hybridized carbons (Fsp3) is 0.333. The first-order valence-corrected chi connectivity index (χ1v) is 9.67. The van der Waals surface area contributed by atoms with E-state index in [4.69, 9.17) is 27.7 Å². The Morgan fingerprint density at radius 2 is 1.76 bits per heavy atom. The van der Waals surface area contributed by atoms with Gasteiger partial charge in [-0.1, -0.05) is 34.4 Å². The van der Waals surface area contributed by atoms with Crippen molar-refractivity contribution in [3.63, 3.8) is 0 Å². The van der Waals surface area contributed by atoms with Crippen molar-refractivity contribution in [2.24, 2.45) is 0 Å². The molecule has 1 fully saturated rings. The summed E-state index contributed by atoms with van der Waals surface area (Å²) in [6, 6.07) is 6.09. The number of sulfonamides is 1. The minimum absolute atomic E-state index is 0.0724. The molecule has 7 nitrogen and oxygen atoms in total. The van der Waals surface area contributed by atoms with Gasteiger partial charge in [0.15, 0.2) is 0 Å². The molecule has 3 rings (SSSR count). The monoisotopic (exact) mass is 403 g/mol. The number of halogens is 2. The quantitative estimate of drug-likeness (QED) is 0.785. The molecule has 1 aliphatic rings. The van der Waals surface area contributed by atoms with Crippen molar-refractivity contribution in [3.8, 4) is 0 Å². The second kappa shape index (κ2) is 6.95. The maximum Gasteiger partial charge on any atom is 0.292 e. The van der Waals surface area contributed by atoms with Gasteiger partial charge in [-0.15, -0.1) is 0 Å². The van der Waals surface area contributed by atoms with Crippen LogP contribution >= 0.6 is 23.2 Å². The van der Waals surface area contributed by atoms with Crippen molar-refractivity contribution in [1.82, 2.24) is 14.4 Å². The highest BCUT2D eigenvalue weighted by Crippen LogP contribution is 2.31. The van der Waals surface area contributed by atoms with Crippen molar-refractivity contribution >= 4 is 39.1 Å². The van der Waals surface area contributed by atoms with Gasteiger partial charge >= 0.3 is 0 Å². The lowest BCUT2D eigenvalue weighted by molar-refractivity contribution is 0.0656. The Labute approximate surface area is 155 Å². The molecule has 1 aromatic heterocycles. The molecule has 1 aliphatic heterocycles. The van der Waals surface area contributed by atoms with E-state index in [1.54, 1.807) is 19.1 Å². The third-order valence-electron chi connectivity index (χ3n) is 3.88. The Morgan fingerprint density at radius 3 is 2.28 bits per heavy atom. The van der Waals surface area contributed by atoms with Gasteiger partial charge in [-0.25, -0.2) is 8.42 Å². The highest BCUT2D eigenvalue weighted by Gasteiger charge is 2.33. The summed E-state index contributed by atoms with van der Waals surface area (Å²) in [4.78, 5) is 13.8. The number of benzene rings is 1. The second-order valence-corrected chi connectivity index (χ2v) is 8.27. The summed E-state index contributed by atoms with van der Waals surface area (Å²) in [5.74, 6) is -0.170. The Kier molecular flexibility index (Phi) is 5.06. The van der Waals surface area contributed by atoms with E-state index in [0.29, 0.717) is 5.69 Å². The average molecular weight is 404 g/mol. The van der Waals surface area contributed by atoms with Crippen molar-refractivity contribution < 1.29 is 17.7 Å². The van der Waals surface area contributed by atoms with Gasteiger partial charge in [-0.05, 0) is 19.1 Å². The molecule has 0 radical (unpaired) electrons. The lowest BCUT2D eigenvalue weighted by Gasteiger charge is -2.33. The Balaban J connectivity index is 1.75. The van der Waals surface area contributed by atoms with Crippen LogP contribution in [0.15, 0.2) is 33.7 Å². The third kappa shape index (κ3) is 3.52.